The zero-order valence-electron chi connectivity index (χ0n) is 17.1. The van der Waals surface area contributed by atoms with Crippen molar-refractivity contribution < 1.29 is 4.79 Å². The number of amides is 1. The van der Waals surface area contributed by atoms with Crippen LogP contribution in [0.4, 0.5) is 0 Å². The van der Waals surface area contributed by atoms with Gasteiger partial charge in [0.15, 0.2) is 0 Å². The van der Waals surface area contributed by atoms with Crippen molar-refractivity contribution in [1.82, 2.24) is 20.2 Å². The average molecular weight is 456 g/mol. The first-order valence-electron chi connectivity index (χ1n) is 9.87. The first-order valence-corrected chi connectivity index (χ1v) is 10.6. The lowest BCUT2D eigenvalue weighted by molar-refractivity contribution is -0.121. The maximum atomic E-state index is 12.5. The molecule has 1 amide bonds. The van der Waals surface area contributed by atoms with Crippen molar-refractivity contribution in [2.45, 2.75) is 32.5 Å². The topological polar surface area (TPSA) is 82.7 Å². The number of hydrogen-bond acceptors (Lipinski definition) is 4. The summed E-state index contributed by atoms with van der Waals surface area (Å²) >= 11 is 12.2. The highest BCUT2D eigenvalue weighted by molar-refractivity contribution is 6.42. The first kappa shape index (κ1) is 22.8. The molecule has 0 radical (unpaired) electrons. The Kier molecular flexibility index (Phi) is 8.07. The van der Waals surface area contributed by atoms with Gasteiger partial charge in [-0.3, -0.25) is 4.79 Å². The standard InChI is InChI=1S/C23H23Cl2N5O/c1-16(11-27-12-19-3-2-4-21(24)23(19)25)29-22(31)9-20-13-28-15-30(20)14-18-7-5-17(10-26)6-8-18/h2-8,13,15-16,27H,9,11-12,14H2,1H3,(H,29,31)/t16-/m0/s1. The molecule has 3 aromatic rings. The number of nitriles is 1. The Bertz CT molecular complexity index is 1070. The molecule has 6 nitrogen and oxygen atoms in total. The lowest BCUT2D eigenvalue weighted by Crippen LogP contribution is -2.40. The quantitative estimate of drug-likeness (QED) is 0.511. The van der Waals surface area contributed by atoms with Crippen LogP contribution in [0, 0.1) is 11.3 Å². The van der Waals surface area contributed by atoms with Gasteiger partial charge in [0.05, 0.1) is 34.4 Å². The van der Waals surface area contributed by atoms with E-state index < -0.39 is 0 Å². The zero-order valence-corrected chi connectivity index (χ0v) is 18.6. The third-order valence-corrected chi connectivity index (χ3v) is 5.64. The van der Waals surface area contributed by atoms with E-state index in [1.165, 1.54) is 0 Å². The minimum atomic E-state index is -0.0725. The van der Waals surface area contributed by atoms with E-state index in [0.29, 0.717) is 35.2 Å². The fourth-order valence-corrected chi connectivity index (χ4v) is 3.56. The molecule has 1 aromatic heterocycles. The fourth-order valence-electron chi connectivity index (χ4n) is 3.17. The van der Waals surface area contributed by atoms with Crippen molar-refractivity contribution in [1.29, 1.82) is 5.26 Å². The number of halogens is 2. The smallest absolute Gasteiger partial charge is 0.226 e. The Morgan fingerprint density at radius 2 is 2.00 bits per heavy atom. The highest BCUT2D eigenvalue weighted by Gasteiger charge is 2.12. The van der Waals surface area contributed by atoms with Gasteiger partial charge in [0.2, 0.25) is 5.91 Å². The minimum absolute atomic E-state index is 0.0552. The molecule has 3 rings (SSSR count). The second kappa shape index (κ2) is 11.0. The van der Waals surface area contributed by atoms with Gasteiger partial charge < -0.3 is 15.2 Å². The largest absolute Gasteiger partial charge is 0.352 e. The number of benzene rings is 2. The van der Waals surface area contributed by atoms with Crippen molar-refractivity contribution in [2.24, 2.45) is 0 Å². The van der Waals surface area contributed by atoms with Crippen molar-refractivity contribution in [3.63, 3.8) is 0 Å². The molecule has 2 N–H and O–H groups in total. The highest BCUT2D eigenvalue weighted by atomic mass is 35.5. The van der Waals surface area contributed by atoms with Crippen molar-refractivity contribution in [3.8, 4) is 6.07 Å². The molecule has 8 heteroatoms. The molecule has 160 valence electrons. The predicted octanol–water partition coefficient (Wildman–Crippen LogP) is 3.95. The fraction of sp³-hybridized carbons (Fsp3) is 0.261. The zero-order chi connectivity index (χ0) is 22.2. The predicted molar refractivity (Wildman–Crippen MR) is 122 cm³/mol. The number of imidazole rings is 1. The number of hydrogen-bond donors (Lipinski definition) is 2. The van der Waals surface area contributed by atoms with Gasteiger partial charge in [0.1, 0.15) is 0 Å². The van der Waals surface area contributed by atoms with E-state index in [9.17, 15) is 4.79 Å². The Morgan fingerprint density at radius 1 is 1.23 bits per heavy atom. The van der Waals surface area contributed by atoms with Gasteiger partial charge in [-0.15, -0.1) is 0 Å². The lowest BCUT2D eigenvalue weighted by Gasteiger charge is -2.16. The highest BCUT2D eigenvalue weighted by Crippen LogP contribution is 2.25. The van der Waals surface area contributed by atoms with Crippen molar-refractivity contribution >= 4 is 29.1 Å². The van der Waals surface area contributed by atoms with Crippen LogP contribution in [0.25, 0.3) is 0 Å². The Morgan fingerprint density at radius 3 is 2.74 bits per heavy atom. The maximum Gasteiger partial charge on any atom is 0.226 e. The molecule has 0 saturated heterocycles. The van der Waals surface area contributed by atoms with Crippen molar-refractivity contribution in [2.75, 3.05) is 6.54 Å². The molecular formula is C23H23Cl2N5O. The monoisotopic (exact) mass is 455 g/mol. The summed E-state index contributed by atoms with van der Waals surface area (Å²) in [4.78, 5) is 16.7. The molecule has 0 fully saturated rings. The van der Waals surface area contributed by atoms with Gasteiger partial charge in [-0.1, -0.05) is 47.5 Å². The molecule has 0 saturated carbocycles. The Balaban J connectivity index is 1.47. The summed E-state index contributed by atoms with van der Waals surface area (Å²) in [6.45, 7) is 3.69. The van der Waals surface area contributed by atoms with Crippen molar-refractivity contribution in [3.05, 3.63) is 87.4 Å². The summed E-state index contributed by atoms with van der Waals surface area (Å²) in [6, 6.07) is 15.0. The maximum absolute atomic E-state index is 12.5. The first-order chi connectivity index (χ1) is 15.0. The number of rotatable bonds is 9. The summed E-state index contributed by atoms with van der Waals surface area (Å²) in [5, 5.41) is 16.3. The minimum Gasteiger partial charge on any atom is -0.352 e. The third kappa shape index (κ3) is 6.56. The number of nitrogens with one attached hydrogen (secondary N) is 2. The molecule has 0 aliphatic heterocycles. The van der Waals surface area contributed by atoms with E-state index >= 15 is 0 Å². The Labute approximate surface area is 191 Å². The summed E-state index contributed by atoms with van der Waals surface area (Å²) in [6.07, 6.45) is 3.65. The van der Waals surface area contributed by atoms with E-state index in [2.05, 4.69) is 21.7 Å². The molecular weight excluding hydrogens is 433 g/mol. The third-order valence-electron chi connectivity index (χ3n) is 4.78. The van der Waals surface area contributed by atoms with Crippen LogP contribution in [0.1, 0.15) is 29.3 Å². The molecule has 0 unspecified atom stereocenters. The normalized spacial score (nSPS) is 11.7. The van der Waals surface area contributed by atoms with Crippen LogP contribution in [0.3, 0.4) is 0 Å². The van der Waals surface area contributed by atoms with E-state index in [1.54, 1.807) is 30.7 Å². The average Bonchev–Trinajstić information content (AvgIpc) is 3.18. The van der Waals surface area contributed by atoms with Gasteiger partial charge in [-0.25, -0.2) is 4.98 Å². The van der Waals surface area contributed by atoms with E-state index in [1.807, 2.05) is 35.8 Å². The van der Waals surface area contributed by atoms with Crippen LogP contribution in [0.5, 0.6) is 0 Å². The number of carbonyl (C=O) groups excluding carboxylic acids is 1. The van der Waals surface area contributed by atoms with Gasteiger partial charge in [0.25, 0.3) is 0 Å². The number of aromatic nitrogens is 2. The second-order valence-corrected chi connectivity index (χ2v) is 8.10. The van der Waals surface area contributed by atoms with Crippen LogP contribution in [-0.4, -0.2) is 28.0 Å². The second-order valence-electron chi connectivity index (χ2n) is 7.31. The van der Waals surface area contributed by atoms with Crippen LogP contribution >= 0.6 is 23.2 Å². The lowest BCUT2D eigenvalue weighted by atomic mass is 10.1. The molecule has 0 aliphatic carbocycles. The molecule has 1 atom stereocenters. The molecule has 0 aliphatic rings. The van der Waals surface area contributed by atoms with Crippen LogP contribution < -0.4 is 10.6 Å². The van der Waals surface area contributed by atoms with E-state index in [4.69, 9.17) is 28.5 Å². The summed E-state index contributed by atoms with van der Waals surface area (Å²) in [5.74, 6) is -0.0725. The number of nitrogens with zero attached hydrogens (tertiary/aromatic N) is 3. The molecule has 2 aromatic carbocycles. The number of carbonyl (C=O) groups is 1. The summed E-state index contributed by atoms with van der Waals surface area (Å²) in [7, 11) is 0. The van der Waals surface area contributed by atoms with Crippen LogP contribution in [0.15, 0.2) is 55.0 Å². The van der Waals surface area contributed by atoms with Gasteiger partial charge >= 0.3 is 0 Å². The van der Waals surface area contributed by atoms with E-state index in [0.717, 1.165) is 16.8 Å². The SMILES string of the molecule is C[C@@H](CNCc1cccc(Cl)c1Cl)NC(=O)Cc1cncn1Cc1ccc(C#N)cc1. The molecule has 31 heavy (non-hydrogen) atoms. The van der Waals surface area contributed by atoms with Gasteiger partial charge in [-0.05, 0) is 36.2 Å². The van der Waals surface area contributed by atoms with E-state index in [-0.39, 0.29) is 18.4 Å². The van der Waals surface area contributed by atoms with Gasteiger partial charge in [0, 0.05) is 37.6 Å². The van der Waals surface area contributed by atoms with Crippen LogP contribution in [-0.2, 0) is 24.3 Å². The molecule has 1 heterocycles. The summed E-state index contributed by atoms with van der Waals surface area (Å²) in [5.41, 5.74) is 3.40. The summed E-state index contributed by atoms with van der Waals surface area (Å²) < 4.78 is 1.94. The molecule has 0 bridgehead atoms. The van der Waals surface area contributed by atoms with Crippen LogP contribution in [0.2, 0.25) is 10.0 Å². The Hall–Kier alpha value is -2.85. The molecule has 0 spiro atoms. The van der Waals surface area contributed by atoms with Gasteiger partial charge in [-0.2, -0.15) is 5.26 Å².